The highest BCUT2D eigenvalue weighted by Crippen LogP contribution is 2.39. The van der Waals surface area contributed by atoms with Crippen LogP contribution in [0.5, 0.6) is 11.5 Å². The zero-order valence-corrected chi connectivity index (χ0v) is 46.5. The number of unbranched alkanes of at least 4 members (excludes halogenated alkanes) is 3. The Labute approximate surface area is 471 Å². The minimum Gasteiger partial charge on any atom is -0.497 e. The summed E-state index contributed by atoms with van der Waals surface area (Å²) >= 11 is 0. The van der Waals surface area contributed by atoms with Crippen molar-refractivity contribution in [1.29, 1.82) is 0 Å². The zero-order chi connectivity index (χ0) is 55.8. The highest BCUT2D eigenvalue weighted by molar-refractivity contribution is 5.95. The molecule has 402 valence electrons. The highest BCUT2D eigenvalue weighted by atomic mass is 16.7. The molecule has 0 bridgehead atoms. The largest absolute Gasteiger partial charge is 0.513 e. The molecule has 8 heteroatoms. The van der Waals surface area contributed by atoms with Crippen LogP contribution < -0.4 is 19.3 Å². The van der Waals surface area contributed by atoms with E-state index in [0.29, 0.717) is 18.8 Å². The van der Waals surface area contributed by atoms with Crippen LogP contribution in [0.25, 0.3) is 23.3 Å². The Morgan fingerprint density at radius 1 is 0.362 bits per heavy atom. The molecular formula is C72H68N2O6. The molecule has 0 aliphatic rings. The molecule has 0 aliphatic heterocycles. The Bertz CT molecular complexity index is 3420. The first-order valence-electron chi connectivity index (χ1n) is 27.3. The van der Waals surface area contributed by atoms with Crippen molar-refractivity contribution >= 4 is 69.5 Å². The Morgan fingerprint density at radius 3 is 0.963 bits per heavy atom. The predicted molar refractivity (Wildman–Crippen MR) is 328 cm³/mol. The molecule has 80 heavy (non-hydrogen) atoms. The van der Waals surface area contributed by atoms with Gasteiger partial charge in [0.15, 0.2) is 0 Å². The van der Waals surface area contributed by atoms with E-state index >= 15 is 0 Å². The van der Waals surface area contributed by atoms with E-state index in [1.807, 2.05) is 24.3 Å². The van der Waals surface area contributed by atoms with Gasteiger partial charge in [0, 0.05) is 41.0 Å². The lowest BCUT2D eigenvalue weighted by Gasteiger charge is -2.26. The summed E-state index contributed by atoms with van der Waals surface area (Å²) in [5.41, 5.74) is 19.4. The van der Waals surface area contributed by atoms with Gasteiger partial charge >= 0.3 is 12.1 Å². The Balaban J connectivity index is 1.03. The lowest BCUT2D eigenvalue weighted by Crippen LogP contribution is -2.11. The summed E-state index contributed by atoms with van der Waals surface area (Å²) in [5, 5.41) is 0. The third-order valence-corrected chi connectivity index (χ3v) is 13.9. The second kappa shape index (κ2) is 26.8. The fraction of sp³-hybridized carbons (Fsp3) is 0.167. The predicted octanol–water partition coefficient (Wildman–Crippen LogP) is 18.7. The molecule has 0 spiro atoms. The summed E-state index contributed by atoms with van der Waals surface area (Å²) in [7, 11) is 1.69. The normalized spacial score (nSPS) is 11.4. The van der Waals surface area contributed by atoms with E-state index in [9.17, 15) is 9.59 Å². The van der Waals surface area contributed by atoms with E-state index in [4.69, 9.17) is 18.9 Å². The molecular weight excluding hydrogens is 989 g/mol. The van der Waals surface area contributed by atoms with Gasteiger partial charge in [-0.3, -0.25) is 4.79 Å². The average molecular weight is 1060 g/mol. The van der Waals surface area contributed by atoms with E-state index < -0.39 is 6.16 Å². The van der Waals surface area contributed by atoms with Crippen LogP contribution >= 0.6 is 0 Å². The van der Waals surface area contributed by atoms with Gasteiger partial charge in [-0.05, 0) is 207 Å². The third kappa shape index (κ3) is 14.8. The summed E-state index contributed by atoms with van der Waals surface area (Å²) in [4.78, 5) is 28.4. The number of ether oxygens (including phenoxy) is 4. The fourth-order valence-electron chi connectivity index (χ4n) is 9.47. The first kappa shape index (κ1) is 55.4. The maximum absolute atomic E-state index is 12.8. The van der Waals surface area contributed by atoms with Crippen LogP contribution in [0.3, 0.4) is 0 Å². The minimum absolute atomic E-state index is 0.239. The smallest absolute Gasteiger partial charge is 0.497 e. The second-order valence-electron chi connectivity index (χ2n) is 20.1. The quantitative estimate of drug-likeness (QED) is 0.0305. The van der Waals surface area contributed by atoms with Crippen molar-refractivity contribution < 1.29 is 28.5 Å². The number of esters is 1. The van der Waals surface area contributed by atoms with Crippen molar-refractivity contribution in [3.05, 3.63) is 274 Å². The first-order chi connectivity index (χ1) is 39.0. The van der Waals surface area contributed by atoms with Gasteiger partial charge in [-0.15, -0.1) is 0 Å². The van der Waals surface area contributed by atoms with Crippen LogP contribution in [-0.2, 0) is 14.3 Å². The van der Waals surface area contributed by atoms with Gasteiger partial charge in [-0.25, -0.2) is 4.79 Å². The molecule has 0 unspecified atom stereocenters. The number of rotatable bonds is 21. The van der Waals surface area contributed by atoms with Gasteiger partial charge < -0.3 is 28.7 Å². The molecule has 0 atom stereocenters. The van der Waals surface area contributed by atoms with E-state index in [2.05, 4.69) is 232 Å². The molecule has 8 nitrogen and oxygen atoms in total. The Hall–Kier alpha value is -9.40. The number of anilines is 6. The van der Waals surface area contributed by atoms with Crippen LogP contribution in [0.2, 0.25) is 0 Å². The molecule has 9 aromatic carbocycles. The molecule has 0 heterocycles. The fourth-order valence-corrected chi connectivity index (χ4v) is 9.47. The molecule has 9 aromatic rings. The number of methoxy groups -OCH3 is 1. The number of carbonyl (C=O) groups excluding carboxylic acids is 2. The number of nitrogens with zero attached hydrogens (tertiary/aromatic N) is 2. The molecule has 0 aliphatic carbocycles. The molecule has 0 saturated heterocycles. The van der Waals surface area contributed by atoms with Crippen molar-refractivity contribution in [2.75, 3.05) is 30.1 Å². The zero-order valence-electron chi connectivity index (χ0n) is 46.5. The van der Waals surface area contributed by atoms with Crippen LogP contribution in [0.15, 0.2) is 218 Å². The molecule has 0 amide bonds. The number of aryl methyl sites for hydroxylation is 4. The SMILES string of the molecule is COc1ccc(/C(=C\c2ccc(N(c3ccc(C)cc3)c3ccc(C)cc3)cc2)c2ccc(/C(=C/c3ccc(N(c4ccc(C)cc4)c4ccc(C)cc4)cc3)c3ccc(OC(=O)OCCCCCCOC(C)=O)cc3)cc2)cc1. The highest BCUT2D eigenvalue weighted by Gasteiger charge is 2.17. The van der Waals surface area contributed by atoms with Crippen molar-refractivity contribution in [2.24, 2.45) is 0 Å². The van der Waals surface area contributed by atoms with Crippen LogP contribution in [0, 0.1) is 27.7 Å². The van der Waals surface area contributed by atoms with Gasteiger partial charge in [-0.1, -0.05) is 144 Å². The Kier molecular flexibility index (Phi) is 18.5. The van der Waals surface area contributed by atoms with E-state index in [0.717, 1.165) is 104 Å². The number of hydrogen-bond acceptors (Lipinski definition) is 8. The average Bonchev–Trinajstić information content (AvgIpc) is 3.48. The number of carbonyl (C=O) groups is 2. The summed E-state index contributed by atoms with van der Waals surface area (Å²) in [6, 6.07) is 76.4. The summed E-state index contributed by atoms with van der Waals surface area (Å²) < 4.78 is 21.6. The molecule has 9 rings (SSSR count). The van der Waals surface area contributed by atoms with Gasteiger partial charge in [0.25, 0.3) is 0 Å². The van der Waals surface area contributed by atoms with Gasteiger partial charge in [0.1, 0.15) is 11.5 Å². The number of benzene rings is 9. The molecule has 0 aromatic heterocycles. The van der Waals surface area contributed by atoms with Crippen molar-refractivity contribution in [3.8, 4) is 11.5 Å². The maximum atomic E-state index is 12.8. The van der Waals surface area contributed by atoms with Crippen LogP contribution in [0.1, 0.15) is 88.2 Å². The van der Waals surface area contributed by atoms with Crippen molar-refractivity contribution in [3.63, 3.8) is 0 Å². The van der Waals surface area contributed by atoms with E-state index in [1.54, 1.807) is 19.2 Å². The van der Waals surface area contributed by atoms with Crippen molar-refractivity contribution in [1.82, 2.24) is 0 Å². The number of hydrogen-bond donors (Lipinski definition) is 0. The van der Waals surface area contributed by atoms with Gasteiger partial charge in [0.2, 0.25) is 0 Å². The van der Waals surface area contributed by atoms with Gasteiger partial charge in [-0.2, -0.15) is 0 Å². The van der Waals surface area contributed by atoms with Gasteiger partial charge in [0.05, 0.1) is 20.3 Å². The minimum atomic E-state index is -0.752. The molecule has 0 N–H and O–H groups in total. The van der Waals surface area contributed by atoms with E-state index in [-0.39, 0.29) is 12.6 Å². The maximum Gasteiger partial charge on any atom is 0.513 e. The summed E-state index contributed by atoms with van der Waals surface area (Å²) in [5.74, 6) is 0.890. The monoisotopic (exact) mass is 1060 g/mol. The Morgan fingerprint density at radius 2 is 0.650 bits per heavy atom. The molecule has 0 fully saturated rings. The topological polar surface area (TPSA) is 77.5 Å². The van der Waals surface area contributed by atoms with E-state index in [1.165, 1.54) is 29.2 Å². The molecule has 0 radical (unpaired) electrons. The summed E-state index contributed by atoms with van der Waals surface area (Å²) in [6.45, 7) is 10.5. The van der Waals surface area contributed by atoms with Crippen LogP contribution in [-0.4, -0.2) is 32.4 Å². The first-order valence-corrected chi connectivity index (χ1v) is 27.3. The molecule has 0 saturated carbocycles. The summed E-state index contributed by atoms with van der Waals surface area (Å²) in [6.07, 6.45) is 6.86. The second-order valence-corrected chi connectivity index (χ2v) is 20.1. The third-order valence-electron chi connectivity index (χ3n) is 13.9. The standard InChI is InChI=1S/C72H68N2O6/c1-51-11-31-62(32-12-51)73(63-33-13-52(2)14-34-63)66-39-19-56(20-40-66)49-70(60-27-43-68(77-6)44-28-60)58-23-25-59(26-24-58)71(61-29-45-69(46-30-61)80-72(76)79-48-10-8-7-9-47-78-55(5)75)50-57-21-41-67(42-22-57)74(64-35-15-53(3)16-36-64)65-37-17-54(4)18-38-65/h11-46,49-50H,7-10,47-48H2,1-6H3/b70-49-,71-50-. The van der Waals surface area contributed by atoms with Crippen molar-refractivity contribution in [2.45, 2.75) is 60.3 Å². The lowest BCUT2D eigenvalue weighted by molar-refractivity contribution is -0.141. The lowest BCUT2D eigenvalue weighted by atomic mass is 9.91. The van der Waals surface area contributed by atoms with Crippen LogP contribution in [0.4, 0.5) is 38.9 Å².